The zero-order valence-electron chi connectivity index (χ0n) is 12.2. The molecule has 0 aliphatic carbocycles. The van der Waals surface area contributed by atoms with Crippen molar-refractivity contribution < 1.29 is 9.47 Å². The standard InChI is InChI=1S/C14H25N3O2/c1-4-8-15-13-6-5-7-14(16-13)17(9-11-18-2)10-12-19-3/h5-7H,4,8-12H2,1-3H3,(H,15,16). The summed E-state index contributed by atoms with van der Waals surface area (Å²) in [6.07, 6.45) is 1.09. The van der Waals surface area contributed by atoms with Gasteiger partial charge in [0, 0.05) is 33.9 Å². The molecule has 1 rings (SSSR count). The SMILES string of the molecule is CCCNc1cccc(N(CCOC)CCOC)n1. The number of anilines is 2. The third kappa shape index (κ3) is 5.89. The summed E-state index contributed by atoms with van der Waals surface area (Å²) >= 11 is 0. The lowest BCUT2D eigenvalue weighted by atomic mass is 10.3. The van der Waals surface area contributed by atoms with E-state index in [1.54, 1.807) is 14.2 Å². The molecule has 0 aliphatic heterocycles. The van der Waals surface area contributed by atoms with E-state index in [0.29, 0.717) is 13.2 Å². The quantitative estimate of drug-likeness (QED) is 0.702. The minimum atomic E-state index is 0.679. The Morgan fingerprint density at radius 2 is 1.84 bits per heavy atom. The van der Waals surface area contributed by atoms with Gasteiger partial charge in [-0.05, 0) is 18.6 Å². The molecule has 5 nitrogen and oxygen atoms in total. The molecule has 1 aromatic heterocycles. The van der Waals surface area contributed by atoms with Gasteiger partial charge in [-0.1, -0.05) is 13.0 Å². The molecular formula is C14H25N3O2. The van der Waals surface area contributed by atoms with Gasteiger partial charge in [-0.25, -0.2) is 4.98 Å². The Morgan fingerprint density at radius 3 is 2.42 bits per heavy atom. The maximum Gasteiger partial charge on any atom is 0.131 e. The average Bonchev–Trinajstić information content (AvgIpc) is 2.45. The number of aromatic nitrogens is 1. The maximum atomic E-state index is 5.14. The van der Waals surface area contributed by atoms with Gasteiger partial charge in [-0.2, -0.15) is 0 Å². The van der Waals surface area contributed by atoms with E-state index in [9.17, 15) is 0 Å². The van der Waals surface area contributed by atoms with Gasteiger partial charge < -0.3 is 19.7 Å². The number of nitrogens with one attached hydrogen (secondary N) is 1. The molecule has 0 saturated carbocycles. The molecule has 19 heavy (non-hydrogen) atoms. The summed E-state index contributed by atoms with van der Waals surface area (Å²) < 4.78 is 10.3. The second-order valence-corrected chi connectivity index (χ2v) is 4.28. The molecule has 0 spiro atoms. The second kappa shape index (κ2) is 9.58. The maximum absolute atomic E-state index is 5.14. The largest absolute Gasteiger partial charge is 0.383 e. The summed E-state index contributed by atoms with van der Waals surface area (Å²) in [6.45, 7) is 6.05. The second-order valence-electron chi connectivity index (χ2n) is 4.28. The molecule has 0 amide bonds. The van der Waals surface area contributed by atoms with Crippen LogP contribution in [-0.2, 0) is 9.47 Å². The first kappa shape index (κ1) is 15.7. The van der Waals surface area contributed by atoms with Crippen LogP contribution in [0.2, 0.25) is 0 Å². The van der Waals surface area contributed by atoms with E-state index >= 15 is 0 Å². The average molecular weight is 267 g/mol. The minimum absolute atomic E-state index is 0.679. The predicted octanol–water partition coefficient (Wildman–Crippen LogP) is 2.00. The zero-order chi connectivity index (χ0) is 13.9. The number of hydrogen-bond acceptors (Lipinski definition) is 5. The summed E-state index contributed by atoms with van der Waals surface area (Å²) in [5.41, 5.74) is 0. The van der Waals surface area contributed by atoms with E-state index < -0.39 is 0 Å². The Kier molecular flexibility index (Phi) is 7.93. The third-order valence-electron chi connectivity index (χ3n) is 2.75. The zero-order valence-corrected chi connectivity index (χ0v) is 12.2. The third-order valence-corrected chi connectivity index (χ3v) is 2.75. The molecule has 0 fully saturated rings. The van der Waals surface area contributed by atoms with E-state index in [-0.39, 0.29) is 0 Å². The molecule has 0 unspecified atom stereocenters. The fraction of sp³-hybridized carbons (Fsp3) is 0.643. The van der Waals surface area contributed by atoms with Crippen LogP contribution >= 0.6 is 0 Å². The first-order valence-electron chi connectivity index (χ1n) is 6.75. The predicted molar refractivity (Wildman–Crippen MR) is 79.0 cm³/mol. The molecule has 0 bridgehead atoms. The van der Waals surface area contributed by atoms with Gasteiger partial charge in [0.05, 0.1) is 13.2 Å². The van der Waals surface area contributed by atoms with Crippen molar-refractivity contribution >= 4 is 11.6 Å². The van der Waals surface area contributed by atoms with Crippen LogP contribution in [0.3, 0.4) is 0 Å². The van der Waals surface area contributed by atoms with Gasteiger partial charge in [-0.3, -0.25) is 0 Å². The van der Waals surface area contributed by atoms with Gasteiger partial charge in [0.1, 0.15) is 11.6 Å². The van der Waals surface area contributed by atoms with Crippen LogP contribution < -0.4 is 10.2 Å². The lowest BCUT2D eigenvalue weighted by molar-refractivity contribution is 0.190. The number of ether oxygens (including phenoxy) is 2. The van der Waals surface area contributed by atoms with E-state index in [1.165, 1.54) is 0 Å². The van der Waals surface area contributed by atoms with Crippen molar-refractivity contribution in [2.24, 2.45) is 0 Å². The summed E-state index contributed by atoms with van der Waals surface area (Å²) in [5.74, 6) is 1.87. The summed E-state index contributed by atoms with van der Waals surface area (Å²) in [5, 5.41) is 3.30. The van der Waals surface area contributed by atoms with Gasteiger partial charge in [0.15, 0.2) is 0 Å². The number of pyridine rings is 1. The lowest BCUT2D eigenvalue weighted by Gasteiger charge is -2.23. The molecular weight excluding hydrogens is 242 g/mol. The molecule has 0 radical (unpaired) electrons. The fourth-order valence-corrected chi connectivity index (χ4v) is 1.69. The highest BCUT2D eigenvalue weighted by molar-refractivity contribution is 5.47. The van der Waals surface area contributed by atoms with Crippen LogP contribution in [0.5, 0.6) is 0 Å². The highest BCUT2D eigenvalue weighted by Crippen LogP contribution is 2.14. The molecule has 0 aliphatic rings. The molecule has 0 aromatic carbocycles. The van der Waals surface area contributed by atoms with Crippen LogP contribution in [-0.4, -0.2) is 52.1 Å². The van der Waals surface area contributed by atoms with Crippen molar-refractivity contribution in [3.63, 3.8) is 0 Å². The molecule has 1 aromatic rings. The Morgan fingerprint density at radius 1 is 1.16 bits per heavy atom. The van der Waals surface area contributed by atoms with Crippen molar-refractivity contribution in [3.05, 3.63) is 18.2 Å². The Hall–Kier alpha value is -1.33. The van der Waals surface area contributed by atoms with Crippen LogP contribution in [0.15, 0.2) is 18.2 Å². The molecule has 1 heterocycles. The normalized spacial score (nSPS) is 10.5. The number of rotatable bonds is 10. The number of methoxy groups -OCH3 is 2. The Bertz CT molecular complexity index is 339. The minimum Gasteiger partial charge on any atom is -0.383 e. The van der Waals surface area contributed by atoms with Crippen molar-refractivity contribution in [2.75, 3.05) is 57.3 Å². The van der Waals surface area contributed by atoms with Gasteiger partial charge in [-0.15, -0.1) is 0 Å². The van der Waals surface area contributed by atoms with E-state index in [1.807, 2.05) is 18.2 Å². The lowest BCUT2D eigenvalue weighted by Crippen LogP contribution is -2.31. The monoisotopic (exact) mass is 267 g/mol. The summed E-state index contributed by atoms with van der Waals surface area (Å²) in [7, 11) is 3.42. The molecule has 0 atom stereocenters. The summed E-state index contributed by atoms with van der Waals surface area (Å²) in [4.78, 5) is 6.79. The first-order chi connectivity index (χ1) is 9.31. The highest BCUT2D eigenvalue weighted by Gasteiger charge is 2.08. The van der Waals surface area contributed by atoms with E-state index in [4.69, 9.17) is 9.47 Å². The molecule has 5 heteroatoms. The number of nitrogens with zero attached hydrogens (tertiary/aromatic N) is 2. The smallest absolute Gasteiger partial charge is 0.131 e. The topological polar surface area (TPSA) is 46.6 Å². The Labute approximate surface area is 115 Å². The highest BCUT2D eigenvalue weighted by atomic mass is 16.5. The van der Waals surface area contributed by atoms with Crippen molar-refractivity contribution in [1.82, 2.24) is 4.98 Å². The van der Waals surface area contributed by atoms with Gasteiger partial charge in [0.25, 0.3) is 0 Å². The van der Waals surface area contributed by atoms with Gasteiger partial charge in [0.2, 0.25) is 0 Å². The van der Waals surface area contributed by atoms with Gasteiger partial charge >= 0.3 is 0 Å². The van der Waals surface area contributed by atoms with Crippen LogP contribution in [0.4, 0.5) is 11.6 Å². The number of hydrogen-bond donors (Lipinski definition) is 1. The first-order valence-corrected chi connectivity index (χ1v) is 6.75. The molecule has 108 valence electrons. The fourth-order valence-electron chi connectivity index (χ4n) is 1.69. The van der Waals surface area contributed by atoms with Crippen LogP contribution in [0.1, 0.15) is 13.3 Å². The van der Waals surface area contributed by atoms with Crippen LogP contribution in [0, 0.1) is 0 Å². The Balaban J connectivity index is 2.69. The summed E-state index contributed by atoms with van der Waals surface area (Å²) in [6, 6.07) is 6.03. The van der Waals surface area contributed by atoms with Crippen LogP contribution in [0.25, 0.3) is 0 Å². The van der Waals surface area contributed by atoms with E-state index in [0.717, 1.165) is 37.7 Å². The molecule has 1 N–H and O–H groups in total. The van der Waals surface area contributed by atoms with Crippen molar-refractivity contribution in [3.8, 4) is 0 Å². The molecule has 0 saturated heterocycles. The van der Waals surface area contributed by atoms with Crippen molar-refractivity contribution in [1.29, 1.82) is 0 Å². The van der Waals surface area contributed by atoms with E-state index in [2.05, 4.69) is 22.1 Å². The van der Waals surface area contributed by atoms with Crippen molar-refractivity contribution in [2.45, 2.75) is 13.3 Å².